The Morgan fingerprint density at radius 1 is 1.62 bits per heavy atom. The zero-order valence-corrected chi connectivity index (χ0v) is 9.50. The molecule has 2 saturated heterocycles. The zero-order valence-electron chi connectivity index (χ0n) is 9.50. The van der Waals surface area contributed by atoms with E-state index >= 15 is 0 Å². The molecule has 5 heteroatoms. The van der Waals surface area contributed by atoms with Crippen LogP contribution < -0.4 is 10.6 Å². The van der Waals surface area contributed by atoms with Crippen molar-refractivity contribution < 1.29 is 14.6 Å². The third kappa shape index (κ3) is 3.17. The summed E-state index contributed by atoms with van der Waals surface area (Å²) in [6.45, 7) is 2.22. The molecule has 2 rings (SSSR count). The van der Waals surface area contributed by atoms with Crippen molar-refractivity contribution in [3.63, 3.8) is 0 Å². The van der Waals surface area contributed by atoms with Gasteiger partial charge in [0.1, 0.15) is 5.60 Å². The summed E-state index contributed by atoms with van der Waals surface area (Å²) in [5.41, 5.74) is -0.848. The predicted molar refractivity (Wildman–Crippen MR) is 59.0 cm³/mol. The van der Waals surface area contributed by atoms with Crippen LogP contribution in [0.5, 0.6) is 0 Å². The van der Waals surface area contributed by atoms with Crippen LogP contribution in [0.15, 0.2) is 0 Å². The Morgan fingerprint density at radius 2 is 2.50 bits per heavy atom. The molecule has 0 aromatic heterocycles. The minimum atomic E-state index is -0.848. The number of carbonyl (C=O) groups excluding carboxylic acids is 1. The Hall–Kier alpha value is -0.650. The first kappa shape index (κ1) is 11.8. The summed E-state index contributed by atoms with van der Waals surface area (Å²) in [5.74, 6) is 0.0136. The van der Waals surface area contributed by atoms with Crippen LogP contribution in [0.4, 0.5) is 0 Å². The molecule has 0 radical (unpaired) electrons. The standard InChI is InChI=1S/C11H20N2O3/c14-10(6-9-2-1-4-12-9)13-7-11(15)3-5-16-8-11/h9,12,15H,1-8H2,(H,13,14). The van der Waals surface area contributed by atoms with E-state index in [4.69, 9.17) is 4.74 Å². The van der Waals surface area contributed by atoms with Gasteiger partial charge in [-0.1, -0.05) is 0 Å². The Morgan fingerprint density at radius 3 is 3.12 bits per heavy atom. The van der Waals surface area contributed by atoms with Gasteiger partial charge in [-0.2, -0.15) is 0 Å². The van der Waals surface area contributed by atoms with Gasteiger partial charge in [-0.3, -0.25) is 4.79 Å². The van der Waals surface area contributed by atoms with Crippen LogP contribution in [-0.2, 0) is 9.53 Å². The van der Waals surface area contributed by atoms with E-state index in [9.17, 15) is 9.90 Å². The summed E-state index contributed by atoms with van der Waals surface area (Å²) in [7, 11) is 0. The fourth-order valence-corrected chi connectivity index (χ4v) is 2.23. The number of rotatable bonds is 4. The summed E-state index contributed by atoms with van der Waals surface area (Å²) in [5, 5.41) is 16.0. The van der Waals surface area contributed by atoms with Gasteiger partial charge in [0, 0.05) is 32.0 Å². The number of hydrogen-bond acceptors (Lipinski definition) is 4. The van der Waals surface area contributed by atoms with Crippen LogP contribution in [0.2, 0.25) is 0 Å². The average molecular weight is 228 g/mol. The molecule has 0 saturated carbocycles. The second-order valence-corrected chi connectivity index (χ2v) is 4.80. The maximum absolute atomic E-state index is 11.6. The van der Waals surface area contributed by atoms with Crippen molar-refractivity contribution in [3.05, 3.63) is 0 Å². The molecule has 2 unspecified atom stereocenters. The monoisotopic (exact) mass is 228 g/mol. The molecule has 0 spiro atoms. The maximum Gasteiger partial charge on any atom is 0.221 e. The van der Waals surface area contributed by atoms with Gasteiger partial charge in [0.25, 0.3) is 0 Å². The van der Waals surface area contributed by atoms with Gasteiger partial charge in [-0.15, -0.1) is 0 Å². The molecule has 92 valence electrons. The summed E-state index contributed by atoms with van der Waals surface area (Å²) in [6.07, 6.45) is 3.34. The average Bonchev–Trinajstić information content (AvgIpc) is 2.88. The summed E-state index contributed by atoms with van der Waals surface area (Å²) in [4.78, 5) is 11.6. The van der Waals surface area contributed by atoms with Gasteiger partial charge in [0.05, 0.1) is 6.61 Å². The first-order valence-electron chi connectivity index (χ1n) is 5.98. The highest BCUT2D eigenvalue weighted by Gasteiger charge is 2.32. The fraction of sp³-hybridized carbons (Fsp3) is 0.909. The van der Waals surface area contributed by atoms with Crippen LogP contribution >= 0.6 is 0 Å². The smallest absolute Gasteiger partial charge is 0.221 e. The van der Waals surface area contributed by atoms with Crippen LogP contribution in [-0.4, -0.2) is 49.0 Å². The normalized spacial score (nSPS) is 34.2. The van der Waals surface area contributed by atoms with Crippen molar-refractivity contribution >= 4 is 5.91 Å². The van der Waals surface area contributed by atoms with Crippen molar-refractivity contribution in [3.8, 4) is 0 Å². The fourth-order valence-electron chi connectivity index (χ4n) is 2.23. The third-order valence-corrected chi connectivity index (χ3v) is 3.29. The number of amides is 1. The summed E-state index contributed by atoms with van der Waals surface area (Å²) >= 11 is 0. The van der Waals surface area contributed by atoms with Crippen molar-refractivity contribution in [2.45, 2.75) is 37.3 Å². The quantitative estimate of drug-likeness (QED) is 0.601. The highest BCUT2D eigenvalue weighted by atomic mass is 16.5. The van der Waals surface area contributed by atoms with Gasteiger partial charge in [-0.25, -0.2) is 0 Å². The van der Waals surface area contributed by atoms with Gasteiger partial charge >= 0.3 is 0 Å². The number of ether oxygens (including phenoxy) is 1. The van der Waals surface area contributed by atoms with Crippen molar-refractivity contribution in [1.82, 2.24) is 10.6 Å². The lowest BCUT2D eigenvalue weighted by molar-refractivity contribution is -0.122. The van der Waals surface area contributed by atoms with Gasteiger partial charge < -0.3 is 20.5 Å². The summed E-state index contributed by atoms with van der Waals surface area (Å²) in [6, 6.07) is 0.314. The lowest BCUT2D eigenvalue weighted by Crippen LogP contribution is -2.44. The number of nitrogens with one attached hydrogen (secondary N) is 2. The molecule has 1 amide bonds. The number of aliphatic hydroxyl groups is 1. The van der Waals surface area contributed by atoms with Crippen molar-refractivity contribution in [2.75, 3.05) is 26.3 Å². The van der Waals surface area contributed by atoms with E-state index in [-0.39, 0.29) is 5.91 Å². The van der Waals surface area contributed by atoms with Crippen LogP contribution in [0.1, 0.15) is 25.7 Å². The van der Waals surface area contributed by atoms with E-state index in [1.165, 1.54) is 0 Å². The van der Waals surface area contributed by atoms with E-state index in [1.54, 1.807) is 0 Å². The maximum atomic E-state index is 11.6. The largest absolute Gasteiger partial charge is 0.386 e. The minimum Gasteiger partial charge on any atom is -0.386 e. The third-order valence-electron chi connectivity index (χ3n) is 3.29. The molecule has 2 atom stereocenters. The van der Waals surface area contributed by atoms with E-state index in [0.29, 0.717) is 38.6 Å². The predicted octanol–water partition coefficient (Wildman–Crippen LogP) is -0.604. The molecule has 0 aliphatic carbocycles. The van der Waals surface area contributed by atoms with E-state index in [0.717, 1.165) is 19.4 Å². The molecule has 16 heavy (non-hydrogen) atoms. The zero-order chi connectivity index (χ0) is 11.4. The molecule has 3 N–H and O–H groups in total. The number of carbonyl (C=O) groups is 1. The molecule has 0 bridgehead atoms. The molecular weight excluding hydrogens is 208 g/mol. The van der Waals surface area contributed by atoms with Crippen molar-refractivity contribution in [2.24, 2.45) is 0 Å². The second-order valence-electron chi connectivity index (χ2n) is 4.80. The SMILES string of the molecule is O=C(CC1CCCN1)NCC1(O)CCOC1. The molecule has 2 fully saturated rings. The van der Waals surface area contributed by atoms with Gasteiger partial charge in [0.2, 0.25) is 5.91 Å². The van der Waals surface area contributed by atoms with E-state index in [1.807, 2.05) is 0 Å². The second kappa shape index (κ2) is 5.12. The molecule has 2 aliphatic rings. The molecular formula is C11H20N2O3. The molecule has 2 heterocycles. The van der Waals surface area contributed by atoms with Gasteiger partial charge in [0.15, 0.2) is 0 Å². The first-order valence-corrected chi connectivity index (χ1v) is 5.98. The highest BCUT2D eigenvalue weighted by molar-refractivity contribution is 5.76. The van der Waals surface area contributed by atoms with Crippen LogP contribution in [0.25, 0.3) is 0 Å². The van der Waals surface area contributed by atoms with E-state index < -0.39 is 5.60 Å². The molecule has 5 nitrogen and oxygen atoms in total. The Balaban J connectivity index is 1.66. The van der Waals surface area contributed by atoms with Gasteiger partial charge in [-0.05, 0) is 19.4 Å². The number of hydrogen-bond donors (Lipinski definition) is 3. The summed E-state index contributed by atoms with van der Waals surface area (Å²) < 4.78 is 5.11. The lowest BCUT2D eigenvalue weighted by Gasteiger charge is -2.21. The molecule has 2 aliphatic heterocycles. The van der Waals surface area contributed by atoms with Crippen LogP contribution in [0, 0.1) is 0 Å². The molecule has 0 aromatic rings. The van der Waals surface area contributed by atoms with Crippen LogP contribution in [0.3, 0.4) is 0 Å². The molecule has 0 aromatic carbocycles. The Bertz CT molecular complexity index is 246. The lowest BCUT2D eigenvalue weighted by atomic mass is 10.0. The van der Waals surface area contributed by atoms with E-state index in [2.05, 4.69) is 10.6 Å². The highest BCUT2D eigenvalue weighted by Crippen LogP contribution is 2.17. The minimum absolute atomic E-state index is 0.0136. The van der Waals surface area contributed by atoms with Crippen molar-refractivity contribution in [1.29, 1.82) is 0 Å². The first-order chi connectivity index (χ1) is 7.68. The Labute approximate surface area is 95.5 Å². The Kier molecular flexibility index (Phi) is 3.78. The topological polar surface area (TPSA) is 70.6 Å².